The number of hydrogen-bond donors (Lipinski definition) is 1. The van der Waals surface area contributed by atoms with E-state index < -0.39 is 0 Å². The molecule has 1 aliphatic rings. The molecule has 28 heavy (non-hydrogen) atoms. The van der Waals surface area contributed by atoms with Gasteiger partial charge in [0.25, 0.3) is 0 Å². The lowest BCUT2D eigenvalue weighted by Crippen LogP contribution is -2.52. The quantitative estimate of drug-likeness (QED) is 0.381. The first-order chi connectivity index (χ1) is 13.2. The Balaban J connectivity index is 0.00000280. The number of aliphatic imine (C=N–C) groups is 1. The fourth-order valence-corrected chi connectivity index (χ4v) is 3.25. The molecule has 152 valence electrons. The number of benzene rings is 1. The summed E-state index contributed by atoms with van der Waals surface area (Å²) in [5.41, 5.74) is 2.45. The molecule has 1 aliphatic heterocycles. The molecule has 0 bridgehead atoms. The van der Waals surface area contributed by atoms with E-state index in [-0.39, 0.29) is 24.0 Å². The third kappa shape index (κ3) is 6.94. The number of piperazine rings is 1. The van der Waals surface area contributed by atoms with Crippen LogP contribution in [0.5, 0.6) is 0 Å². The molecule has 1 N–H and O–H groups in total. The van der Waals surface area contributed by atoms with Crippen LogP contribution in [0.1, 0.15) is 11.1 Å². The van der Waals surface area contributed by atoms with Crippen LogP contribution in [0.15, 0.2) is 53.8 Å². The first kappa shape index (κ1) is 22.4. The van der Waals surface area contributed by atoms with Gasteiger partial charge >= 0.3 is 0 Å². The van der Waals surface area contributed by atoms with E-state index in [0.29, 0.717) is 0 Å². The summed E-state index contributed by atoms with van der Waals surface area (Å²) in [5.74, 6) is 0.985. The van der Waals surface area contributed by atoms with E-state index in [9.17, 15) is 0 Å². The molecule has 0 spiro atoms. The smallest absolute Gasteiger partial charge is 0.193 e. The van der Waals surface area contributed by atoms with Crippen LogP contribution in [0.3, 0.4) is 0 Å². The van der Waals surface area contributed by atoms with Gasteiger partial charge in [0.1, 0.15) is 0 Å². The summed E-state index contributed by atoms with van der Waals surface area (Å²) in [6, 6.07) is 10.5. The van der Waals surface area contributed by atoms with Crippen molar-refractivity contribution in [1.82, 2.24) is 24.9 Å². The Kier molecular flexibility index (Phi) is 9.49. The highest BCUT2D eigenvalue weighted by atomic mass is 127. The van der Waals surface area contributed by atoms with Crippen molar-refractivity contribution in [3.8, 4) is 0 Å². The van der Waals surface area contributed by atoms with E-state index in [2.05, 4.69) is 74.7 Å². The fourth-order valence-electron chi connectivity index (χ4n) is 3.25. The van der Waals surface area contributed by atoms with E-state index in [1.165, 1.54) is 11.1 Å². The van der Waals surface area contributed by atoms with Gasteiger partial charge in [0.05, 0.1) is 12.7 Å². The van der Waals surface area contributed by atoms with Gasteiger partial charge in [-0.25, -0.2) is 0 Å². The standard InChI is InChI=1S/C21H30N6.HI/c1-19-17-24-27(18-19)12-10-23-21(22-2)26-15-13-25(14-16-26)11-6-9-20-7-4-3-5-8-20;/h3-9,17-18H,10-16H2,1-2H3,(H,22,23);1H/b9-6+;. The average molecular weight is 494 g/mol. The summed E-state index contributed by atoms with van der Waals surface area (Å²) < 4.78 is 1.96. The van der Waals surface area contributed by atoms with Crippen LogP contribution in [0.25, 0.3) is 6.08 Å². The van der Waals surface area contributed by atoms with Crippen molar-refractivity contribution in [2.24, 2.45) is 4.99 Å². The van der Waals surface area contributed by atoms with Gasteiger partial charge in [0.15, 0.2) is 5.96 Å². The molecule has 0 saturated carbocycles. The molecule has 0 radical (unpaired) electrons. The molecule has 2 heterocycles. The first-order valence-electron chi connectivity index (χ1n) is 9.63. The number of aromatic nitrogens is 2. The van der Waals surface area contributed by atoms with Crippen LogP contribution in [-0.2, 0) is 6.54 Å². The van der Waals surface area contributed by atoms with Crippen LogP contribution in [-0.4, -0.2) is 71.9 Å². The highest BCUT2D eigenvalue weighted by Gasteiger charge is 2.18. The molecule has 3 rings (SSSR count). The Labute approximate surface area is 185 Å². The molecule has 2 aromatic rings. The molecule has 1 saturated heterocycles. The minimum absolute atomic E-state index is 0. The predicted molar refractivity (Wildman–Crippen MR) is 127 cm³/mol. The SMILES string of the molecule is CN=C(NCCn1cc(C)cn1)N1CCN(C/C=C/c2ccccc2)CC1.I. The van der Waals surface area contributed by atoms with Gasteiger partial charge in [0.2, 0.25) is 0 Å². The zero-order valence-corrected chi connectivity index (χ0v) is 19.1. The molecule has 1 aromatic carbocycles. The lowest BCUT2D eigenvalue weighted by Gasteiger charge is -2.36. The summed E-state index contributed by atoms with van der Waals surface area (Å²) in [6.45, 7) is 8.83. The molecular weight excluding hydrogens is 463 g/mol. The third-order valence-electron chi connectivity index (χ3n) is 4.74. The van der Waals surface area contributed by atoms with Gasteiger partial charge in [-0.3, -0.25) is 14.6 Å². The molecule has 0 atom stereocenters. The van der Waals surface area contributed by atoms with Crippen molar-refractivity contribution in [2.75, 3.05) is 46.3 Å². The van der Waals surface area contributed by atoms with E-state index in [0.717, 1.165) is 51.8 Å². The summed E-state index contributed by atoms with van der Waals surface area (Å²) >= 11 is 0. The molecule has 0 unspecified atom stereocenters. The average Bonchev–Trinajstić information content (AvgIpc) is 3.12. The lowest BCUT2D eigenvalue weighted by molar-refractivity contribution is 0.194. The Morgan fingerprint density at radius 3 is 2.57 bits per heavy atom. The Morgan fingerprint density at radius 1 is 1.18 bits per heavy atom. The first-order valence-corrected chi connectivity index (χ1v) is 9.63. The highest BCUT2D eigenvalue weighted by molar-refractivity contribution is 14.0. The Hall–Kier alpha value is -1.87. The summed E-state index contributed by atoms with van der Waals surface area (Å²) in [6.07, 6.45) is 8.40. The summed E-state index contributed by atoms with van der Waals surface area (Å²) in [7, 11) is 1.86. The number of aryl methyl sites for hydroxylation is 1. The zero-order valence-electron chi connectivity index (χ0n) is 16.8. The maximum Gasteiger partial charge on any atom is 0.193 e. The molecule has 6 nitrogen and oxygen atoms in total. The number of rotatable bonds is 6. The number of hydrogen-bond acceptors (Lipinski definition) is 3. The van der Waals surface area contributed by atoms with Crippen molar-refractivity contribution in [1.29, 1.82) is 0 Å². The zero-order chi connectivity index (χ0) is 18.9. The molecule has 0 amide bonds. The van der Waals surface area contributed by atoms with Gasteiger partial charge in [0, 0.05) is 52.5 Å². The van der Waals surface area contributed by atoms with E-state index >= 15 is 0 Å². The third-order valence-corrected chi connectivity index (χ3v) is 4.74. The Bertz CT molecular complexity index is 747. The number of halogens is 1. The maximum atomic E-state index is 4.44. The van der Waals surface area contributed by atoms with Crippen LogP contribution >= 0.6 is 24.0 Å². The molecule has 7 heteroatoms. The second-order valence-electron chi connectivity index (χ2n) is 6.86. The van der Waals surface area contributed by atoms with Crippen LogP contribution in [0.2, 0.25) is 0 Å². The van der Waals surface area contributed by atoms with Crippen molar-refractivity contribution in [2.45, 2.75) is 13.5 Å². The second kappa shape index (κ2) is 11.9. The molecule has 1 fully saturated rings. The summed E-state index contributed by atoms with van der Waals surface area (Å²) in [4.78, 5) is 9.27. The molecule has 0 aliphatic carbocycles. The van der Waals surface area contributed by atoms with Crippen molar-refractivity contribution in [3.63, 3.8) is 0 Å². The van der Waals surface area contributed by atoms with E-state index in [1.807, 2.05) is 24.0 Å². The normalized spacial score (nSPS) is 15.6. The van der Waals surface area contributed by atoms with E-state index in [1.54, 1.807) is 0 Å². The monoisotopic (exact) mass is 494 g/mol. The molecule has 1 aromatic heterocycles. The van der Waals surface area contributed by atoms with E-state index in [4.69, 9.17) is 0 Å². The van der Waals surface area contributed by atoms with Gasteiger partial charge in [-0.1, -0.05) is 42.5 Å². The van der Waals surface area contributed by atoms with Crippen molar-refractivity contribution in [3.05, 3.63) is 59.9 Å². The van der Waals surface area contributed by atoms with Gasteiger partial charge in [-0.2, -0.15) is 5.10 Å². The van der Waals surface area contributed by atoms with Crippen molar-refractivity contribution >= 4 is 36.0 Å². The minimum Gasteiger partial charge on any atom is -0.354 e. The second-order valence-corrected chi connectivity index (χ2v) is 6.86. The highest BCUT2D eigenvalue weighted by Crippen LogP contribution is 2.05. The maximum absolute atomic E-state index is 4.44. The van der Waals surface area contributed by atoms with Gasteiger partial charge in [-0.05, 0) is 18.1 Å². The van der Waals surface area contributed by atoms with Crippen LogP contribution < -0.4 is 5.32 Å². The lowest BCUT2D eigenvalue weighted by atomic mass is 10.2. The Morgan fingerprint density at radius 2 is 1.93 bits per heavy atom. The number of nitrogens with one attached hydrogen (secondary N) is 1. The molecular formula is C21H31IN6. The summed E-state index contributed by atoms with van der Waals surface area (Å²) in [5, 5.41) is 7.78. The number of nitrogens with zero attached hydrogens (tertiary/aromatic N) is 5. The largest absolute Gasteiger partial charge is 0.354 e. The van der Waals surface area contributed by atoms with Crippen LogP contribution in [0.4, 0.5) is 0 Å². The van der Waals surface area contributed by atoms with Crippen LogP contribution in [0, 0.1) is 6.92 Å². The van der Waals surface area contributed by atoms with Gasteiger partial charge < -0.3 is 10.2 Å². The minimum atomic E-state index is 0. The topological polar surface area (TPSA) is 48.7 Å². The predicted octanol–water partition coefficient (Wildman–Crippen LogP) is 2.72. The fraction of sp³-hybridized carbons (Fsp3) is 0.429. The van der Waals surface area contributed by atoms with Crippen molar-refractivity contribution < 1.29 is 0 Å². The number of guanidine groups is 1. The van der Waals surface area contributed by atoms with Gasteiger partial charge in [-0.15, -0.1) is 24.0 Å².